The van der Waals surface area contributed by atoms with Gasteiger partial charge in [0.15, 0.2) is 0 Å². The molecular formula is C20H29N3OS2. The van der Waals surface area contributed by atoms with Crippen LogP contribution in [0.4, 0.5) is 0 Å². The second-order valence-corrected chi connectivity index (χ2v) is 10.2. The molecule has 0 saturated carbocycles. The fourth-order valence-corrected chi connectivity index (χ4v) is 6.47. The molecule has 0 bridgehead atoms. The van der Waals surface area contributed by atoms with Gasteiger partial charge in [-0.3, -0.25) is 4.79 Å². The minimum atomic E-state index is -0.0540. The van der Waals surface area contributed by atoms with Crippen LogP contribution >= 0.6 is 21.6 Å². The van der Waals surface area contributed by atoms with Crippen molar-refractivity contribution in [2.75, 3.05) is 5.75 Å². The molecule has 6 heteroatoms. The summed E-state index contributed by atoms with van der Waals surface area (Å²) in [5.41, 5.74) is 2.09. The number of carbonyl (C=O) groups excluding carboxylic acids is 1. The van der Waals surface area contributed by atoms with Crippen LogP contribution < -0.4 is 5.32 Å². The van der Waals surface area contributed by atoms with E-state index < -0.39 is 0 Å². The van der Waals surface area contributed by atoms with Crippen LogP contribution in [0.5, 0.6) is 0 Å². The molecule has 2 heterocycles. The van der Waals surface area contributed by atoms with Crippen LogP contribution in [-0.2, 0) is 11.8 Å². The average molecular weight is 392 g/mol. The number of benzene rings is 1. The van der Waals surface area contributed by atoms with E-state index in [-0.39, 0.29) is 11.9 Å². The molecule has 1 aliphatic rings. The molecule has 2 unspecified atom stereocenters. The van der Waals surface area contributed by atoms with E-state index in [2.05, 4.69) is 29.8 Å². The van der Waals surface area contributed by atoms with E-state index in [1.807, 2.05) is 46.8 Å². The molecule has 1 amide bonds. The zero-order chi connectivity index (χ0) is 18.5. The normalized spacial score (nSPS) is 18.5. The Morgan fingerprint density at radius 2 is 2.15 bits per heavy atom. The van der Waals surface area contributed by atoms with Gasteiger partial charge in [-0.15, -0.1) is 0 Å². The highest BCUT2D eigenvalue weighted by Crippen LogP contribution is 2.39. The smallest absolute Gasteiger partial charge is 0.220 e. The number of para-hydroxylation sites is 2. The van der Waals surface area contributed by atoms with Crippen molar-refractivity contribution in [3.05, 3.63) is 30.1 Å². The van der Waals surface area contributed by atoms with E-state index in [1.165, 1.54) is 18.6 Å². The molecular weight excluding hydrogens is 362 g/mol. The molecule has 26 heavy (non-hydrogen) atoms. The Morgan fingerprint density at radius 3 is 2.85 bits per heavy atom. The minimum absolute atomic E-state index is 0.0540. The fraction of sp³-hybridized carbons (Fsp3) is 0.600. The summed E-state index contributed by atoms with van der Waals surface area (Å²) in [5.74, 6) is 2.66. The molecule has 3 rings (SSSR count). The number of rotatable bonds is 8. The number of nitrogens with zero attached hydrogens (tertiary/aromatic N) is 2. The van der Waals surface area contributed by atoms with E-state index in [4.69, 9.17) is 4.98 Å². The first-order chi connectivity index (χ1) is 12.6. The molecule has 1 saturated heterocycles. The maximum atomic E-state index is 12.5. The maximum Gasteiger partial charge on any atom is 0.220 e. The van der Waals surface area contributed by atoms with Gasteiger partial charge in [0, 0.05) is 24.5 Å². The molecule has 1 aromatic carbocycles. The predicted molar refractivity (Wildman–Crippen MR) is 113 cm³/mol. The number of aromatic nitrogens is 2. The summed E-state index contributed by atoms with van der Waals surface area (Å²) in [5, 5.41) is 4.03. The van der Waals surface area contributed by atoms with Crippen LogP contribution in [0.3, 0.4) is 0 Å². The van der Waals surface area contributed by atoms with E-state index >= 15 is 0 Å². The third kappa shape index (κ3) is 4.77. The Kier molecular flexibility index (Phi) is 6.92. The first-order valence-corrected chi connectivity index (χ1v) is 11.9. The number of hydrogen-bond donors (Lipinski definition) is 1. The van der Waals surface area contributed by atoms with Gasteiger partial charge in [0.1, 0.15) is 5.82 Å². The van der Waals surface area contributed by atoms with Gasteiger partial charge in [0.2, 0.25) is 5.91 Å². The van der Waals surface area contributed by atoms with Gasteiger partial charge in [0.25, 0.3) is 0 Å². The van der Waals surface area contributed by atoms with Crippen molar-refractivity contribution in [2.24, 2.45) is 13.0 Å². The van der Waals surface area contributed by atoms with Gasteiger partial charge >= 0.3 is 0 Å². The summed E-state index contributed by atoms with van der Waals surface area (Å²) in [6, 6.07) is 8.07. The van der Waals surface area contributed by atoms with Crippen LogP contribution in [0, 0.1) is 5.92 Å². The molecule has 1 N–H and O–H groups in total. The number of aryl methyl sites for hydroxylation is 1. The Hall–Kier alpha value is -1.14. The lowest BCUT2D eigenvalue weighted by atomic mass is 10.0. The summed E-state index contributed by atoms with van der Waals surface area (Å²) in [7, 11) is 6.04. The molecule has 142 valence electrons. The van der Waals surface area contributed by atoms with Crippen molar-refractivity contribution >= 4 is 38.5 Å². The van der Waals surface area contributed by atoms with Gasteiger partial charge < -0.3 is 9.88 Å². The van der Waals surface area contributed by atoms with Gasteiger partial charge in [-0.1, -0.05) is 54.0 Å². The van der Waals surface area contributed by atoms with Crippen molar-refractivity contribution < 1.29 is 4.79 Å². The van der Waals surface area contributed by atoms with Gasteiger partial charge in [-0.25, -0.2) is 4.98 Å². The van der Waals surface area contributed by atoms with Crippen LogP contribution in [0.25, 0.3) is 11.0 Å². The summed E-state index contributed by atoms with van der Waals surface area (Å²) >= 11 is 0. The first-order valence-electron chi connectivity index (χ1n) is 9.55. The number of unbranched alkanes of at least 4 members (excludes halogenated alkanes) is 1. The summed E-state index contributed by atoms with van der Waals surface area (Å²) < 4.78 is 2.11. The Labute approximate surface area is 164 Å². The van der Waals surface area contributed by atoms with Gasteiger partial charge in [-0.05, 0) is 37.3 Å². The number of nitrogens with one attached hydrogen (secondary N) is 1. The molecule has 1 aliphatic heterocycles. The van der Waals surface area contributed by atoms with E-state index in [9.17, 15) is 4.79 Å². The second-order valence-electron chi connectivity index (χ2n) is 7.38. The van der Waals surface area contributed by atoms with Crippen molar-refractivity contribution in [3.8, 4) is 0 Å². The van der Waals surface area contributed by atoms with Crippen LogP contribution in [-0.4, -0.2) is 26.5 Å². The highest BCUT2D eigenvalue weighted by molar-refractivity contribution is 8.77. The lowest BCUT2D eigenvalue weighted by Gasteiger charge is -2.22. The quantitative estimate of drug-likeness (QED) is 0.502. The van der Waals surface area contributed by atoms with Crippen LogP contribution in [0.15, 0.2) is 24.3 Å². The SMILES string of the molecule is CC(C)C(NC(=O)CCCCC1CCSS1)c1nc2ccccc2n1C. The van der Waals surface area contributed by atoms with E-state index in [0.717, 1.165) is 34.9 Å². The predicted octanol–water partition coefficient (Wildman–Crippen LogP) is 5.10. The molecule has 1 aromatic heterocycles. The first kappa shape index (κ1) is 19.6. The van der Waals surface area contributed by atoms with Gasteiger partial charge in [-0.2, -0.15) is 0 Å². The van der Waals surface area contributed by atoms with Crippen LogP contribution in [0.2, 0.25) is 0 Å². The standard InChI is InChI=1S/C20H29N3OS2/c1-14(2)19(20-21-16-9-5-6-10-17(16)23(20)3)22-18(24)11-7-4-8-15-12-13-25-26-15/h5-6,9-10,14-15,19H,4,7-8,11-13H2,1-3H3,(H,22,24). The Bertz CT molecular complexity index is 738. The zero-order valence-corrected chi connectivity index (χ0v) is 17.5. The maximum absolute atomic E-state index is 12.5. The van der Waals surface area contributed by atoms with Crippen molar-refractivity contribution in [1.82, 2.24) is 14.9 Å². The average Bonchev–Trinajstić information content (AvgIpc) is 3.25. The molecule has 0 spiro atoms. The largest absolute Gasteiger partial charge is 0.346 e. The monoisotopic (exact) mass is 391 g/mol. The summed E-state index contributed by atoms with van der Waals surface area (Å²) in [4.78, 5) is 17.3. The zero-order valence-electron chi connectivity index (χ0n) is 15.9. The summed E-state index contributed by atoms with van der Waals surface area (Å²) in [6.45, 7) is 4.28. The molecule has 0 radical (unpaired) electrons. The molecule has 0 aliphatic carbocycles. The third-order valence-electron chi connectivity index (χ3n) is 4.99. The Morgan fingerprint density at radius 1 is 1.35 bits per heavy atom. The Balaban J connectivity index is 1.57. The van der Waals surface area contributed by atoms with E-state index in [0.29, 0.717) is 12.3 Å². The lowest BCUT2D eigenvalue weighted by molar-refractivity contribution is -0.122. The molecule has 4 nitrogen and oxygen atoms in total. The molecule has 2 atom stereocenters. The van der Waals surface area contributed by atoms with Crippen molar-refractivity contribution in [1.29, 1.82) is 0 Å². The number of imidazole rings is 1. The highest BCUT2D eigenvalue weighted by atomic mass is 33.1. The minimum Gasteiger partial charge on any atom is -0.346 e. The fourth-order valence-electron chi connectivity index (χ4n) is 3.44. The number of amides is 1. The highest BCUT2D eigenvalue weighted by Gasteiger charge is 2.23. The lowest BCUT2D eigenvalue weighted by Crippen LogP contribution is -2.33. The van der Waals surface area contributed by atoms with Gasteiger partial charge in [0.05, 0.1) is 17.1 Å². The van der Waals surface area contributed by atoms with E-state index in [1.54, 1.807) is 0 Å². The second kappa shape index (κ2) is 9.18. The van der Waals surface area contributed by atoms with Crippen molar-refractivity contribution in [2.45, 2.75) is 57.2 Å². The number of carbonyl (C=O) groups is 1. The summed E-state index contributed by atoms with van der Waals surface area (Å²) in [6.07, 6.45) is 5.29. The molecule has 1 fully saturated rings. The number of hydrogen-bond acceptors (Lipinski definition) is 4. The number of fused-ring (bicyclic) bond motifs is 1. The van der Waals surface area contributed by atoms with Crippen molar-refractivity contribution in [3.63, 3.8) is 0 Å². The topological polar surface area (TPSA) is 46.9 Å². The van der Waals surface area contributed by atoms with Crippen LogP contribution in [0.1, 0.15) is 57.8 Å². The third-order valence-corrected chi connectivity index (χ3v) is 8.00. The molecule has 2 aromatic rings.